The van der Waals surface area contributed by atoms with Gasteiger partial charge in [0, 0.05) is 7.11 Å². The van der Waals surface area contributed by atoms with E-state index >= 15 is 0 Å². The Kier molecular flexibility index (Phi) is 4.28. The Morgan fingerprint density at radius 2 is 1.52 bits per heavy atom. The third kappa shape index (κ3) is 3.05. The van der Waals surface area contributed by atoms with E-state index in [1.54, 1.807) is 0 Å². The van der Waals surface area contributed by atoms with Gasteiger partial charge in [-0.25, -0.2) is 8.78 Å². The van der Waals surface area contributed by atoms with Crippen molar-refractivity contribution < 1.29 is 27.6 Å². The number of methoxy groups -OCH3 is 1. The Hall–Kier alpha value is -1.18. The molecule has 0 unspecified atom stereocenters. The molecule has 0 aliphatic carbocycles. The molecule has 1 aliphatic rings. The molecule has 2 rings (SSSR count). The quantitative estimate of drug-likeness (QED) is 0.631. The van der Waals surface area contributed by atoms with Gasteiger partial charge in [-0.2, -0.15) is 0 Å². The molecule has 21 heavy (non-hydrogen) atoms. The lowest BCUT2D eigenvalue weighted by atomic mass is 9.79. The second-order valence-electron chi connectivity index (χ2n) is 5.95. The Balaban J connectivity index is 2.27. The molecule has 0 radical (unpaired) electrons. The molecule has 0 aromatic heterocycles. The summed E-state index contributed by atoms with van der Waals surface area (Å²) in [4.78, 5) is 0. The molecule has 1 aromatic rings. The molecule has 1 saturated heterocycles. The van der Waals surface area contributed by atoms with Crippen molar-refractivity contribution in [2.75, 3.05) is 13.9 Å². The first-order valence-electron chi connectivity index (χ1n) is 6.64. The zero-order valence-electron chi connectivity index (χ0n) is 12.8. The van der Waals surface area contributed by atoms with E-state index in [9.17, 15) is 8.78 Å². The second-order valence-corrected chi connectivity index (χ2v) is 5.95. The molecule has 7 heteroatoms. The molecular formula is C14H19BF2O4. The third-order valence-corrected chi connectivity index (χ3v) is 3.87. The third-order valence-electron chi connectivity index (χ3n) is 3.87. The van der Waals surface area contributed by atoms with E-state index in [1.807, 2.05) is 27.7 Å². The molecule has 0 spiro atoms. The Bertz CT molecular complexity index is 495. The zero-order valence-corrected chi connectivity index (χ0v) is 12.8. The lowest BCUT2D eigenvalue weighted by Crippen LogP contribution is -2.41. The molecule has 0 saturated carbocycles. The molecule has 0 atom stereocenters. The summed E-state index contributed by atoms with van der Waals surface area (Å²) >= 11 is 0. The van der Waals surface area contributed by atoms with Crippen LogP contribution >= 0.6 is 0 Å². The van der Waals surface area contributed by atoms with Crippen molar-refractivity contribution in [2.24, 2.45) is 0 Å². The number of hydrogen-bond acceptors (Lipinski definition) is 4. The van der Waals surface area contributed by atoms with Crippen molar-refractivity contribution in [3.63, 3.8) is 0 Å². The lowest BCUT2D eigenvalue weighted by molar-refractivity contribution is 0.00578. The number of hydrogen-bond donors (Lipinski definition) is 0. The Morgan fingerprint density at radius 1 is 1.05 bits per heavy atom. The Labute approximate surface area is 123 Å². The fourth-order valence-electron chi connectivity index (χ4n) is 1.95. The molecule has 1 aliphatic heterocycles. The van der Waals surface area contributed by atoms with Crippen molar-refractivity contribution in [1.29, 1.82) is 0 Å². The first kappa shape index (κ1) is 16.2. The summed E-state index contributed by atoms with van der Waals surface area (Å²) in [5.41, 5.74) is -0.875. The summed E-state index contributed by atoms with van der Waals surface area (Å²) in [6.45, 7) is 7.25. The fourth-order valence-corrected chi connectivity index (χ4v) is 1.95. The highest BCUT2D eigenvalue weighted by atomic mass is 19.1. The molecule has 1 aromatic carbocycles. The molecule has 116 valence electrons. The minimum atomic E-state index is -0.824. The number of rotatable bonds is 4. The highest BCUT2D eigenvalue weighted by Gasteiger charge is 2.52. The van der Waals surface area contributed by atoms with E-state index < -0.39 is 35.7 Å². The van der Waals surface area contributed by atoms with Gasteiger partial charge in [0.1, 0.15) is 0 Å². The van der Waals surface area contributed by atoms with Crippen molar-refractivity contribution in [1.82, 2.24) is 0 Å². The van der Waals surface area contributed by atoms with Gasteiger partial charge in [0.15, 0.2) is 24.2 Å². The van der Waals surface area contributed by atoms with Gasteiger partial charge in [-0.15, -0.1) is 0 Å². The topological polar surface area (TPSA) is 36.9 Å². The average molecular weight is 300 g/mol. The van der Waals surface area contributed by atoms with Crippen molar-refractivity contribution >= 4 is 12.6 Å². The minimum absolute atomic E-state index is 0.232. The Morgan fingerprint density at radius 3 is 1.95 bits per heavy atom. The van der Waals surface area contributed by atoms with Gasteiger partial charge in [0.05, 0.1) is 11.2 Å². The van der Waals surface area contributed by atoms with Crippen LogP contribution in [0.2, 0.25) is 0 Å². The summed E-state index contributed by atoms with van der Waals surface area (Å²) in [5, 5.41) is 0. The van der Waals surface area contributed by atoms with Crippen LogP contribution in [0.25, 0.3) is 0 Å². The van der Waals surface area contributed by atoms with Crippen LogP contribution in [0.1, 0.15) is 27.7 Å². The molecule has 0 bridgehead atoms. The van der Waals surface area contributed by atoms with Crippen LogP contribution in [0.3, 0.4) is 0 Å². The van der Waals surface area contributed by atoms with Crippen molar-refractivity contribution in [3.8, 4) is 5.75 Å². The first-order valence-corrected chi connectivity index (χ1v) is 6.64. The molecule has 0 amide bonds. The van der Waals surface area contributed by atoms with E-state index in [2.05, 4.69) is 4.74 Å². The van der Waals surface area contributed by atoms with Gasteiger partial charge >= 0.3 is 7.12 Å². The van der Waals surface area contributed by atoms with E-state index in [0.717, 1.165) is 12.1 Å². The van der Waals surface area contributed by atoms with Crippen molar-refractivity contribution in [2.45, 2.75) is 38.9 Å². The predicted molar refractivity (Wildman–Crippen MR) is 74.6 cm³/mol. The van der Waals surface area contributed by atoms with Gasteiger partial charge in [0.25, 0.3) is 0 Å². The lowest BCUT2D eigenvalue weighted by Gasteiger charge is -2.32. The second kappa shape index (κ2) is 5.55. The normalized spacial score (nSPS) is 19.9. The average Bonchev–Trinajstić information content (AvgIpc) is 2.57. The van der Waals surface area contributed by atoms with Crippen LogP contribution in [-0.2, 0) is 14.0 Å². The van der Waals surface area contributed by atoms with Gasteiger partial charge in [-0.3, -0.25) is 0 Å². The predicted octanol–water partition coefficient (Wildman–Crippen LogP) is 2.25. The van der Waals surface area contributed by atoms with Crippen LogP contribution < -0.4 is 10.2 Å². The van der Waals surface area contributed by atoms with Gasteiger partial charge in [-0.05, 0) is 45.3 Å². The largest absolute Gasteiger partial charge is 0.495 e. The molecule has 1 heterocycles. The maximum absolute atomic E-state index is 13.9. The zero-order chi connectivity index (χ0) is 15.8. The molecule has 4 nitrogen and oxygen atoms in total. The summed E-state index contributed by atoms with van der Waals surface area (Å²) in [5.74, 6) is -2.12. The van der Waals surface area contributed by atoms with Crippen LogP contribution in [0.4, 0.5) is 8.78 Å². The number of ether oxygens (including phenoxy) is 2. The monoisotopic (exact) mass is 300 g/mol. The fraction of sp³-hybridized carbons (Fsp3) is 0.571. The molecule has 0 N–H and O–H groups in total. The first-order chi connectivity index (χ1) is 9.68. The maximum Gasteiger partial charge on any atom is 0.495 e. The van der Waals surface area contributed by atoms with E-state index in [0.29, 0.717) is 0 Å². The minimum Gasteiger partial charge on any atom is -0.461 e. The highest BCUT2D eigenvalue weighted by Crippen LogP contribution is 2.36. The summed E-state index contributed by atoms with van der Waals surface area (Å²) in [6, 6.07) is 2.30. The smallest absolute Gasteiger partial charge is 0.461 e. The van der Waals surface area contributed by atoms with E-state index in [-0.39, 0.29) is 12.3 Å². The highest BCUT2D eigenvalue weighted by molar-refractivity contribution is 6.62. The van der Waals surface area contributed by atoms with Crippen LogP contribution in [0, 0.1) is 11.6 Å². The summed E-state index contributed by atoms with van der Waals surface area (Å²) < 4.78 is 48.9. The number of halogens is 2. The van der Waals surface area contributed by atoms with E-state index in [1.165, 1.54) is 7.11 Å². The summed E-state index contributed by atoms with van der Waals surface area (Å²) in [7, 11) is 0.546. The van der Waals surface area contributed by atoms with Gasteiger partial charge in [-0.1, -0.05) is 0 Å². The van der Waals surface area contributed by atoms with Crippen LogP contribution in [0.15, 0.2) is 12.1 Å². The van der Waals surface area contributed by atoms with Crippen LogP contribution in [-0.4, -0.2) is 32.2 Å². The van der Waals surface area contributed by atoms with Crippen molar-refractivity contribution in [3.05, 3.63) is 23.8 Å². The maximum atomic E-state index is 13.9. The van der Waals surface area contributed by atoms with Crippen LogP contribution in [0.5, 0.6) is 5.75 Å². The number of benzene rings is 1. The molecule has 1 fully saturated rings. The van der Waals surface area contributed by atoms with Gasteiger partial charge in [0.2, 0.25) is 0 Å². The van der Waals surface area contributed by atoms with Gasteiger partial charge < -0.3 is 18.8 Å². The summed E-state index contributed by atoms with van der Waals surface area (Å²) in [6.07, 6.45) is 0. The standard InChI is InChI=1S/C14H19BF2O4/c1-13(2)14(3,4)21-15(20-13)9-6-10(16)12(11(17)7-9)19-8-18-5/h6-7H,8H2,1-5H3. The SMILES string of the molecule is COCOc1c(F)cc(B2OC(C)(C)C(C)(C)O2)cc1F. The van der Waals surface area contributed by atoms with E-state index in [4.69, 9.17) is 14.0 Å². The molecular weight excluding hydrogens is 281 g/mol.